The largest absolute Gasteiger partial charge is 0.483 e. The molecule has 0 spiro atoms. The minimum atomic E-state index is -0.926. The van der Waals surface area contributed by atoms with E-state index in [4.69, 9.17) is 16.3 Å². The van der Waals surface area contributed by atoms with Gasteiger partial charge in [0.25, 0.3) is 5.91 Å². The molecule has 3 N–H and O–H groups in total. The molecule has 10 heteroatoms. The van der Waals surface area contributed by atoms with Crippen molar-refractivity contribution in [1.29, 1.82) is 0 Å². The summed E-state index contributed by atoms with van der Waals surface area (Å²) in [6.07, 6.45) is 2.74. The predicted molar refractivity (Wildman–Crippen MR) is 119 cm³/mol. The van der Waals surface area contributed by atoms with Gasteiger partial charge in [-0.15, -0.1) is 6.58 Å². The number of ether oxygens (including phenoxy) is 1. The number of nitrogens with zero attached hydrogens (tertiary/aromatic N) is 1. The average molecular weight is 494 g/mol. The van der Waals surface area contributed by atoms with E-state index in [1.807, 2.05) is 0 Å². The molecule has 0 bridgehead atoms. The van der Waals surface area contributed by atoms with Gasteiger partial charge in [0.15, 0.2) is 6.61 Å². The number of para-hydroxylation sites is 1. The van der Waals surface area contributed by atoms with Gasteiger partial charge in [-0.05, 0) is 30.3 Å². The van der Waals surface area contributed by atoms with Crippen LogP contribution in [0.1, 0.15) is 5.56 Å². The number of hydrogen-bond donors (Lipinski definition) is 3. The lowest BCUT2D eigenvalue weighted by molar-refractivity contribution is -0.139. The topological polar surface area (TPSA) is 109 Å². The Morgan fingerprint density at radius 1 is 1.17 bits per heavy atom. The number of anilines is 1. The number of nitrogens with one attached hydrogen (secondary N) is 3. The fourth-order valence-electron chi connectivity index (χ4n) is 2.10. The molecule has 0 aliphatic rings. The van der Waals surface area contributed by atoms with Gasteiger partial charge in [-0.3, -0.25) is 14.4 Å². The molecule has 0 saturated heterocycles. The summed E-state index contributed by atoms with van der Waals surface area (Å²) in [5.74, 6) is -1.82. The summed E-state index contributed by atoms with van der Waals surface area (Å²) in [5, 5.41) is 9.14. The van der Waals surface area contributed by atoms with Crippen LogP contribution in [0.3, 0.4) is 0 Å². The maximum Gasteiger partial charge on any atom is 0.329 e. The summed E-state index contributed by atoms with van der Waals surface area (Å²) in [4.78, 5) is 35.3. The second-order valence-electron chi connectivity index (χ2n) is 5.70. The first-order valence-electron chi connectivity index (χ1n) is 8.59. The van der Waals surface area contributed by atoms with Crippen LogP contribution in [0.15, 0.2) is 64.7 Å². The van der Waals surface area contributed by atoms with Crippen LogP contribution in [0.5, 0.6) is 5.75 Å². The Morgan fingerprint density at radius 3 is 2.67 bits per heavy atom. The fraction of sp³-hybridized carbons (Fsp3) is 0.100. The lowest BCUT2D eigenvalue weighted by Gasteiger charge is -2.11. The third-order valence-corrected chi connectivity index (χ3v) is 4.28. The lowest BCUT2D eigenvalue weighted by atomic mass is 10.2. The van der Waals surface area contributed by atoms with Crippen molar-refractivity contribution in [1.82, 2.24) is 10.7 Å². The molecule has 8 nitrogen and oxygen atoms in total. The number of hydrogen-bond acceptors (Lipinski definition) is 5. The summed E-state index contributed by atoms with van der Waals surface area (Å²) in [7, 11) is 0. The number of carbonyl (C=O) groups is 3. The number of halogens is 2. The maximum absolute atomic E-state index is 12.1. The van der Waals surface area contributed by atoms with Gasteiger partial charge in [0.05, 0.1) is 16.9 Å². The molecule has 2 aromatic carbocycles. The Kier molecular flexibility index (Phi) is 9.04. The lowest BCUT2D eigenvalue weighted by Crippen LogP contribution is -2.37. The predicted octanol–water partition coefficient (Wildman–Crippen LogP) is 2.87. The highest BCUT2D eigenvalue weighted by atomic mass is 79.9. The van der Waals surface area contributed by atoms with E-state index in [0.29, 0.717) is 22.0 Å². The molecule has 0 aromatic heterocycles. The van der Waals surface area contributed by atoms with Gasteiger partial charge in [0, 0.05) is 16.6 Å². The van der Waals surface area contributed by atoms with Crippen LogP contribution in [0, 0.1) is 0 Å². The number of benzene rings is 2. The summed E-state index contributed by atoms with van der Waals surface area (Å²) in [6, 6.07) is 11.9. The Morgan fingerprint density at radius 2 is 1.93 bits per heavy atom. The van der Waals surface area contributed by atoms with E-state index in [0.717, 1.165) is 4.47 Å². The van der Waals surface area contributed by atoms with Crippen LogP contribution in [0.25, 0.3) is 0 Å². The van der Waals surface area contributed by atoms with E-state index in [9.17, 15) is 14.4 Å². The summed E-state index contributed by atoms with van der Waals surface area (Å²) in [6.45, 7) is 3.33. The van der Waals surface area contributed by atoms with Crippen LogP contribution < -0.4 is 20.8 Å². The molecule has 0 aliphatic carbocycles. The Labute approximate surface area is 186 Å². The van der Waals surface area contributed by atoms with Gasteiger partial charge in [-0.1, -0.05) is 45.7 Å². The summed E-state index contributed by atoms with van der Waals surface area (Å²) in [5.41, 5.74) is 3.06. The molecule has 2 rings (SSSR count). The molecular formula is C20H18BrClN4O4. The number of hydrazone groups is 1. The quantitative estimate of drug-likeness (QED) is 0.227. The molecule has 30 heavy (non-hydrogen) atoms. The molecule has 0 aliphatic heterocycles. The van der Waals surface area contributed by atoms with E-state index in [-0.39, 0.29) is 13.2 Å². The maximum atomic E-state index is 12.1. The van der Waals surface area contributed by atoms with Gasteiger partial charge in [0.1, 0.15) is 5.75 Å². The third kappa shape index (κ3) is 7.34. The van der Waals surface area contributed by atoms with E-state index in [1.54, 1.807) is 42.5 Å². The first kappa shape index (κ1) is 23.1. The van der Waals surface area contributed by atoms with Crippen molar-refractivity contribution in [2.75, 3.05) is 18.5 Å². The second-order valence-corrected chi connectivity index (χ2v) is 7.02. The van der Waals surface area contributed by atoms with E-state index in [2.05, 4.69) is 43.7 Å². The summed E-state index contributed by atoms with van der Waals surface area (Å²) < 4.78 is 6.28. The zero-order valence-corrected chi connectivity index (χ0v) is 18.0. The minimum Gasteiger partial charge on any atom is -0.483 e. The first-order valence-corrected chi connectivity index (χ1v) is 9.76. The molecule has 0 atom stereocenters. The zero-order chi connectivity index (χ0) is 21.9. The fourth-order valence-corrected chi connectivity index (χ4v) is 2.66. The van der Waals surface area contributed by atoms with Crippen molar-refractivity contribution < 1.29 is 19.1 Å². The van der Waals surface area contributed by atoms with E-state index in [1.165, 1.54) is 12.3 Å². The zero-order valence-electron chi connectivity index (χ0n) is 15.7. The van der Waals surface area contributed by atoms with E-state index < -0.39 is 17.7 Å². The highest BCUT2D eigenvalue weighted by molar-refractivity contribution is 9.10. The SMILES string of the molecule is C=CCNC(=O)C(=O)N/N=C\c1cc(Br)ccc1OCC(=O)Nc1ccccc1Cl. The van der Waals surface area contributed by atoms with Crippen LogP contribution in [-0.4, -0.2) is 37.1 Å². The Balaban J connectivity index is 1.98. The van der Waals surface area contributed by atoms with Crippen molar-refractivity contribution in [2.45, 2.75) is 0 Å². The molecule has 0 fully saturated rings. The monoisotopic (exact) mass is 492 g/mol. The van der Waals surface area contributed by atoms with Crippen LogP contribution in [0.2, 0.25) is 5.02 Å². The van der Waals surface area contributed by atoms with Gasteiger partial charge < -0.3 is 15.4 Å². The van der Waals surface area contributed by atoms with Crippen LogP contribution >= 0.6 is 27.5 Å². The molecule has 0 saturated carbocycles. The van der Waals surface area contributed by atoms with Crippen molar-refractivity contribution in [3.63, 3.8) is 0 Å². The third-order valence-electron chi connectivity index (χ3n) is 3.46. The number of carbonyl (C=O) groups excluding carboxylic acids is 3. The molecule has 2 aromatic rings. The molecule has 0 heterocycles. The Hall–Kier alpha value is -3.17. The molecule has 0 radical (unpaired) electrons. The second kappa shape index (κ2) is 11.7. The molecule has 3 amide bonds. The van der Waals surface area contributed by atoms with Gasteiger partial charge in [-0.2, -0.15) is 5.10 Å². The van der Waals surface area contributed by atoms with Crippen molar-refractivity contribution >= 4 is 57.2 Å². The molecular weight excluding hydrogens is 476 g/mol. The average Bonchev–Trinajstić information content (AvgIpc) is 2.73. The molecule has 0 unspecified atom stereocenters. The standard InChI is InChI=1S/C20H18BrClN4O4/c1-2-9-23-19(28)20(29)26-24-11-13-10-14(21)7-8-17(13)30-12-18(27)25-16-6-4-3-5-15(16)22/h2-8,10-11H,1,9,12H2,(H,23,28)(H,25,27)(H,26,29)/b24-11-. The van der Waals surface area contributed by atoms with Gasteiger partial charge >= 0.3 is 11.8 Å². The van der Waals surface area contributed by atoms with Crippen molar-refractivity contribution in [2.24, 2.45) is 5.10 Å². The Bertz CT molecular complexity index is 981. The van der Waals surface area contributed by atoms with Crippen molar-refractivity contribution in [3.8, 4) is 5.75 Å². The summed E-state index contributed by atoms with van der Waals surface area (Å²) >= 11 is 9.34. The highest BCUT2D eigenvalue weighted by Gasteiger charge is 2.12. The van der Waals surface area contributed by atoms with E-state index >= 15 is 0 Å². The van der Waals surface area contributed by atoms with Gasteiger partial charge in [0.2, 0.25) is 0 Å². The van der Waals surface area contributed by atoms with Gasteiger partial charge in [-0.25, -0.2) is 5.43 Å². The molecule has 156 valence electrons. The highest BCUT2D eigenvalue weighted by Crippen LogP contribution is 2.23. The number of rotatable bonds is 8. The first-order chi connectivity index (χ1) is 14.4. The van der Waals surface area contributed by atoms with Crippen LogP contribution in [-0.2, 0) is 14.4 Å². The minimum absolute atomic E-state index is 0.163. The van der Waals surface area contributed by atoms with Crippen LogP contribution in [0.4, 0.5) is 5.69 Å². The normalized spacial score (nSPS) is 10.3. The van der Waals surface area contributed by atoms with Crippen molar-refractivity contribution in [3.05, 3.63) is 70.2 Å². The number of amides is 3. The smallest absolute Gasteiger partial charge is 0.329 e.